The lowest BCUT2D eigenvalue weighted by molar-refractivity contribution is -0.887. The number of hydrogen-bond acceptors (Lipinski definition) is 2. The highest BCUT2D eigenvalue weighted by Crippen LogP contribution is 2.19. The van der Waals surface area contributed by atoms with Gasteiger partial charge in [-0.15, -0.1) is 0 Å². The van der Waals surface area contributed by atoms with Crippen LogP contribution in [0.25, 0.3) is 0 Å². The van der Waals surface area contributed by atoms with Crippen LogP contribution >= 0.6 is 0 Å². The van der Waals surface area contributed by atoms with Gasteiger partial charge in [-0.2, -0.15) is 0 Å². The Hall–Kier alpha value is -1.35. The lowest BCUT2D eigenvalue weighted by Crippen LogP contribution is -3.11. The van der Waals surface area contributed by atoms with Crippen LogP contribution in [0.3, 0.4) is 0 Å². The molecule has 3 heteroatoms. The number of aryl methyl sites for hydroxylation is 2. The van der Waals surface area contributed by atoms with Gasteiger partial charge in [-0.25, -0.2) is 0 Å². The molecule has 0 unspecified atom stereocenters. The van der Waals surface area contributed by atoms with E-state index in [-0.39, 0.29) is 0 Å². The molecule has 0 saturated heterocycles. The first-order chi connectivity index (χ1) is 11.7. The minimum Gasteiger partial charge on any atom is -0.388 e. The van der Waals surface area contributed by atoms with Crippen molar-refractivity contribution >= 4 is 12.0 Å². The minimum atomic E-state index is 0.550. The Morgan fingerprint density at radius 3 is 1.68 bits per heavy atom. The zero-order valence-corrected chi connectivity index (χ0v) is 18.3. The van der Waals surface area contributed by atoms with Gasteiger partial charge in [0, 0.05) is 12.7 Å². The zero-order chi connectivity index (χ0) is 19.9. The van der Waals surface area contributed by atoms with Gasteiger partial charge in [-0.1, -0.05) is 52.3 Å². The summed E-state index contributed by atoms with van der Waals surface area (Å²) in [5.74, 6) is 0. The van der Waals surface area contributed by atoms with Gasteiger partial charge in [-0.3, -0.25) is 4.79 Å². The van der Waals surface area contributed by atoms with Crippen molar-refractivity contribution in [1.29, 1.82) is 0 Å². The third kappa shape index (κ3) is 14.7. The smallest absolute Gasteiger partial charge is 0.174 e. The number of para-hydroxylation sites is 1. The molecule has 0 aliphatic carbocycles. The number of rotatable bonds is 6. The molecule has 0 bridgehead atoms. The first kappa shape index (κ1) is 25.9. The first-order valence-electron chi connectivity index (χ1n) is 9.67. The molecule has 0 saturated carbocycles. The summed E-state index contributed by atoms with van der Waals surface area (Å²) in [7, 11) is 1.95. The van der Waals surface area contributed by atoms with Crippen LogP contribution in [0.15, 0.2) is 18.2 Å². The van der Waals surface area contributed by atoms with Gasteiger partial charge in [-0.05, 0) is 50.7 Å². The third-order valence-corrected chi connectivity index (χ3v) is 4.10. The summed E-state index contributed by atoms with van der Waals surface area (Å²) in [5.41, 5.74) is 4.42. The van der Waals surface area contributed by atoms with Gasteiger partial charge < -0.3 is 10.2 Å². The zero-order valence-electron chi connectivity index (χ0n) is 18.3. The van der Waals surface area contributed by atoms with E-state index < -0.39 is 0 Å². The molecule has 0 aliphatic heterocycles. The molecule has 25 heavy (non-hydrogen) atoms. The maximum Gasteiger partial charge on any atom is 0.174 e. The van der Waals surface area contributed by atoms with Gasteiger partial charge in [0.15, 0.2) is 6.29 Å². The molecule has 3 nitrogen and oxygen atoms in total. The van der Waals surface area contributed by atoms with Crippen LogP contribution in [-0.2, 0) is 4.79 Å². The number of nitrogens with one attached hydrogen (secondary N) is 2. The first-order valence-corrected chi connectivity index (χ1v) is 9.67. The number of benzene rings is 1. The van der Waals surface area contributed by atoms with Crippen molar-refractivity contribution in [2.45, 2.75) is 68.2 Å². The van der Waals surface area contributed by atoms with Crippen molar-refractivity contribution in [3.63, 3.8) is 0 Å². The number of hydrogen-bond donors (Lipinski definition) is 2. The normalized spacial score (nSPS) is 10.3. The van der Waals surface area contributed by atoms with Crippen molar-refractivity contribution in [2.24, 2.45) is 5.41 Å². The molecular weight excluding hydrogens is 308 g/mol. The Morgan fingerprint density at radius 1 is 1.04 bits per heavy atom. The molecule has 1 aromatic rings. The average molecular weight is 352 g/mol. The van der Waals surface area contributed by atoms with Crippen LogP contribution in [0.4, 0.5) is 5.69 Å². The van der Waals surface area contributed by atoms with Gasteiger partial charge in [0.25, 0.3) is 0 Å². The highest BCUT2D eigenvalue weighted by atomic mass is 16.1. The fraction of sp³-hybridized carbons (Fsp3) is 0.682. The molecule has 0 spiro atoms. The Morgan fingerprint density at radius 2 is 1.52 bits per heavy atom. The number of aldehydes is 1. The highest BCUT2D eigenvalue weighted by Gasteiger charge is 2.06. The quantitative estimate of drug-likeness (QED) is 0.750. The fourth-order valence-electron chi connectivity index (χ4n) is 2.62. The van der Waals surface area contributed by atoms with Crippen molar-refractivity contribution < 1.29 is 9.69 Å². The second kappa shape index (κ2) is 14.9. The Labute approximate surface area is 157 Å². The number of quaternary nitrogens is 1. The van der Waals surface area contributed by atoms with Crippen molar-refractivity contribution in [3.05, 3.63) is 29.3 Å². The van der Waals surface area contributed by atoms with E-state index in [0.29, 0.717) is 12.0 Å². The lowest BCUT2D eigenvalue weighted by Gasteiger charge is -2.15. The molecule has 0 aromatic heterocycles. The number of likely N-dealkylation sites (N-methyl/N-ethyl adjacent to an activating group) is 1. The van der Waals surface area contributed by atoms with Crippen LogP contribution in [-0.4, -0.2) is 33.0 Å². The molecule has 0 amide bonds. The maximum atomic E-state index is 9.91. The summed E-state index contributed by atoms with van der Waals surface area (Å²) < 4.78 is 0. The summed E-state index contributed by atoms with van der Waals surface area (Å²) >= 11 is 0. The third-order valence-electron chi connectivity index (χ3n) is 4.10. The Kier molecular flexibility index (Phi) is 15.5. The van der Waals surface area contributed by atoms with Gasteiger partial charge in [0.1, 0.15) is 6.54 Å². The molecule has 0 fully saturated rings. The molecule has 0 heterocycles. The van der Waals surface area contributed by atoms with Crippen LogP contribution in [0.1, 0.15) is 65.5 Å². The van der Waals surface area contributed by atoms with Crippen LogP contribution in [0.2, 0.25) is 0 Å². The molecule has 0 aliphatic rings. The number of carbonyl (C=O) groups excluding carboxylic acids is 1. The van der Waals surface area contributed by atoms with Gasteiger partial charge in [0.05, 0.1) is 13.1 Å². The molecule has 1 rings (SSSR count). The summed E-state index contributed by atoms with van der Waals surface area (Å²) in [4.78, 5) is 11.3. The van der Waals surface area contributed by atoms with E-state index in [4.69, 9.17) is 0 Å². The monoisotopic (exact) mass is 351 g/mol. The highest BCUT2D eigenvalue weighted by molar-refractivity contribution is 5.55. The van der Waals surface area contributed by atoms with E-state index in [1.807, 2.05) is 7.05 Å². The van der Waals surface area contributed by atoms with Crippen LogP contribution in [0.5, 0.6) is 0 Å². The lowest BCUT2D eigenvalue weighted by atomic mass is 9.91. The van der Waals surface area contributed by atoms with Crippen LogP contribution < -0.4 is 10.2 Å². The molecule has 0 radical (unpaired) electrons. The van der Waals surface area contributed by atoms with Gasteiger partial charge in [0.2, 0.25) is 0 Å². The van der Waals surface area contributed by atoms with Crippen molar-refractivity contribution in [1.82, 2.24) is 0 Å². The van der Waals surface area contributed by atoms with E-state index in [9.17, 15) is 4.79 Å². The average Bonchev–Trinajstić information content (AvgIpc) is 2.53. The topological polar surface area (TPSA) is 33.5 Å². The van der Waals surface area contributed by atoms with Crippen LogP contribution in [0, 0.1) is 19.3 Å². The SMILES string of the molecule is CCCC(C)(C)C.CC[NH+](CC)CC=O.CNc1c(C)cccc1C. The summed E-state index contributed by atoms with van der Waals surface area (Å²) in [6.07, 6.45) is 3.62. The largest absolute Gasteiger partial charge is 0.388 e. The second-order valence-electron chi connectivity index (χ2n) is 7.66. The maximum absolute atomic E-state index is 9.91. The van der Waals surface area contributed by atoms with E-state index >= 15 is 0 Å². The standard InChI is InChI=1S/C9H13N.C7H16.C6H13NO/c1-7-5-4-6-8(2)9(7)10-3;1-5-6-7(2,3)4;1-3-7(4-2)5-6-8/h4-6,10H,1-3H3;5-6H2,1-4H3;6H,3-5H2,1-2H3/p+1. The molecule has 0 atom stereocenters. The predicted molar refractivity (Wildman–Crippen MR) is 113 cm³/mol. The van der Waals surface area contributed by atoms with Crippen molar-refractivity contribution in [2.75, 3.05) is 32.0 Å². The number of anilines is 1. The Bertz CT molecular complexity index is 426. The second-order valence-corrected chi connectivity index (χ2v) is 7.66. The molecular formula is C22H43N2O+. The van der Waals surface area contributed by atoms with E-state index in [1.54, 1.807) is 0 Å². The van der Waals surface area contributed by atoms with Crippen molar-refractivity contribution in [3.8, 4) is 0 Å². The molecule has 1 aromatic carbocycles. The van der Waals surface area contributed by atoms with E-state index in [2.05, 4.69) is 78.9 Å². The predicted octanol–water partition coefficient (Wildman–Crippen LogP) is 4.29. The summed E-state index contributed by atoms with van der Waals surface area (Å²) in [6.45, 7) is 20.2. The summed E-state index contributed by atoms with van der Waals surface area (Å²) in [6, 6.07) is 6.29. The molecule has 2 N–H and O–H groups in total. The summed E-state index contributed by atoms with van der Waals surface area (Å²) in [5, 5.41) is 3.16. The van der Waals surface area contributed by atoms with Gasteiger partial charge >= 0.3 is 0 Å². The molecule has 146 valence electrons. The van der Waals surface area contributed by atoms with E-state index in [0.717, 1.165) is 19.4 Å². The minimum absolute atomic E-state index is 0.550. The Balaban J connectivity index is 0. The van der Waals surface area contributed by atoms with E-state index in [1.165, 1.54) is 34.6 Å². The number of carbonyl (C=O) groups is 1. The fourth-order valence-corrected chi connectivity index (χ4v) is 2.62.